The normalized spacial score (nSPS) is 16.8. The first-order valence-electron chi connectivity index (χ1n) is 11.1. The maximum Gasteiger partial charge on any atom is 0.252 e. The Morgan fingerprint density at radius 2 is 1.91 bits per heavy atom. The summed E-state index contributed by atoms with van der Waals surface area (Å²) in [5.41, 5.74) is 5.72. The van der Waals surface area contributed by atoms with Gasteiger partial charge in [-0.2, -0.15) is 0 Å². The van der Waals surface area contributed by atoms with E-state index in [-0.39, 0.29) is 24.3 Å². The van der Waals surface area contributed by atoms with Gasteiger partial charge >= 0.3 is 0 Å². The summed E-state index contributed by atoms with van der Waals surface area (Å²) in [5, 5.41) is 2.94. The second-order valence-electron chi connectivity index (χ2n) is 8.51. The van der Waals surface area contributed by atoms with Crippen LogP contribution in [0.4, 0.5) is 0 Å². The lowest BCUT2D eigenvalue weighted by Crippen LogP contribution is -2.35. The number of fused-ring (bicyclic) bond motifs is 2. The minimum atomic E-state index is -0.307. The van der Waals surface area contributed by atoms with Gasteiger partial charge in [0.05, 0.1) is 26.1 Å². The van der Waals surface area contributed by atoms with Gasteiger partial charge in [0.1, 0.15) is 6.61 Å². The molecule has 0 saturated heterocycles. The van der Waals surface area contributed by atoms with Crippen LogP contribution in [0.2, 0.25) is 0 Å². The third-order valence-corrected chi connectivity index (χ3v) is 6.32. The van der Waals surface area contributed by atoms with Crippen molar-refractivity contribution in [1.29, 1.82) is 0 Å². The summed E-state index contributed by atoms with van der Waals surface area (Å²) in [4.78, 5) is 27.3. The van der Waals surface area contributed by atoms with Gasteiger partial charge in [-0.25, -0.2) is 0 Å². The molecule has 168 valence electrons. The number of hydrogen-bond acceptors (Lipinski definition) is 4. The van der Waals surface area contributed by atoms with Crippen LogP contribution in [0.3, 0.4) is 0 Å². The standard InChI is InChI=1S/C27H26N2O4/c1-17-7-9-18(10-8-17)19-13-20-16-29(11-12-33-26(20)24(14-19)32-2)25(30)15-23-21-5-3-4-6-22(21)27(31)28-23/h3-10,13-14,23H,11-12,15-16H2,1-2H3,(H,28,31)/t23-/m0/s1. The first kappa shape index (κ1) is 21.1. The van der Waals surface area contributed by atoms with Crippen molar-refractivity contribution in [2.24, 2.45) is 0 Å². The summed E-state index contributed by atoms with van der Waals surface area (Å²) in [6, 6.07) is 19.5. The molecule has 5 rings (SSSR count). The maximum absolute atomic E-state index is 13.3. The summed E-state index contributed by atoms with van der Waals surface area (Å²) < 4.78 is 11.6. The zero-order chi connectivity index (χ0) is 22.9. The van der Waals surface area contributed by atoms with Gasteiger partial charge in [0, 0.05) is 17.7 Å². The van der Waals surface area contributed by atoms with Crippen molar-refractivity contribution < 1.29 is 19.1 Å². The minimum absolute atomic E-state index is 0.0202. The number of nitrogens with one attached hydrogen (secondary N) is 1. The number of carbonyl (C=O) groups is 2. The largest absolute Gasteiger partial charge is 0.493 e. The second kappa shape index (κ2) is 8.62. The van der Waals surface area contributed by atoms with Crippen molar-refractivity contribution in [1.82, 2.24) is 10.2 Å². The van der Waals surface area contributed by atoms with Crippen LogP contribution in [0, 0.1) is 6.92 Å². The van der Waals surface area contributed by atoms with Gasteiger partial charge in [-0.05, 0) is 41.8 Å². The lowest BCUT2D eigenvalue weighted by molar-refractivity contribution is -0.132. The molecular weight excluding hydrogens is 416 g/mol. The summed E-state index contributed by atoms with van der Waals surface area (Å²) >= 11 is 0. The van der Waals surface area contributed by atoms with E-state index in [0.29, 0.717) is 36.8 Å². The van der Waals surface area contributed by atoms with Crippen LogP contribution in [0.25, 0.3) is 11.1 Å². The maximum atomic E-state index is 13.3. The quantitative estimate of drug-likeness (QED) is 0.655. The molecule has 0 aliphatic carbocycles. The Hall–Kier alpha value is -3.80. The number of ether oxygens (including phenoxy) is 2. The van der Waals surface area contributed by atoms with Gasteiger partial charge in [0.2, 0.25) is 5.91 Å². The van der Waals surface area contributed by atoms with Crippen LogP contribution in [0.5, 0.6) is 11.5 Å². The molecule has 2 amide bonds. The van der Waals surface area contributed by atoms with Gasteiger partial charge < -0.3 is 19.7 Å². The molecule has 2 heterocycles. The summed E-state index contributed by atoms with van der Waals surface area (Å²) in [6.07, 6.45) is 0.215. The van der Waals surface area contributed by atoms with E-state index >= 15 is 0 Å². The van der Waals surface area contributed by atoms with Crippen molar-refractivity contribution in [3.8, 4) is 22.6 Å². The first-order chi connectivity index (χ1) is 16.0. The zero-order valence-electron chi connectivity index (χ0n) is 18.8. The molecule has 0 aromatic heterocycles. The highest BCUT2D eigenvalue weighted by atomic mass is 16.5. The Morgan fingerprint density at radius 1 is 1.12 bits per heavy atom. The topological polar surface area (TPSA) is 67.9 Å². The fourth-order valence-electron chi connectivity index (χ4n) is 4.55. The van der Waals surface area contributed by atoms with Crippen molar-refractivity contribution in [2.45, 2.75) is 25.9 Å². The third kappa shape index (κ3) is 4.04. The van der Waals surface area contributed by atoms with Gasteiger partial charge in [0.15, 0.2) is 11.5 Å². The molecular formula is C27H26N2O4. The smallest absolute Gasteiger partial charge is 0.252 e. The van der Waals surface area contributed by atoms with E-state index in [1.165, 1.54) is 5.56 Å². The van der Waals surface area contributed by atoms with Crippen molar-refractivity contribution in [2.75, 3.05) is 20.3 Å². The Bertz CT molecular complexity index is 1220. The number of benzene rings is 3. The van der Waals surface area contributed by atoms with Crippen LogP contribution in [-0.2, 0) is 11.3 Å². The first-order valence-corrected chi connectivity index (χ1v) is 11.1. The predicted molar refractivity (Wildman–Crippen MR) is 125 cm³/mol. The number of methoxy groups -OCH3 is 1. The molecule has 0 bridgehead atoms. The van der Waals surface area contributed by atoms with Crippen LogP contribution in [0.1, 0.15) is 39.5 Å². The average molecular weight is 443 g/mol. The zero-order valence-corrected chi connectivity index (χ0v) is 18.8. The van der Waals surface area contributed by atoms with Crippen LogP contribution in [-0.4, -0.2) is 37.0 Å². The highest BCUT2D eigenvalue weighted by Crippen LogP contribution is 2.39. The lowest BCUT2D eigenvalue weighted by Gasteiger charge is -2.22. The fourth-order valence-corrected chi connectivity index (χ4v) is 4.55. The molecule has 0 spiro atoms. The van der Waals surface area contributed by atoms with Gasteiger partial charge in [0.25, 0.3) is 5.91 Å². The number of rotatable bonds is 4. The number of aryl methyl sites for hydroxylation is 1. The van der Waals surface area contributed by atoms with Crippen molar-refractivity contribution in [3.05, 3.63) is 82.9 Å². The third-order valence-electron chi connectivity index (χ3n) is 6.32. The summed E-state index contributed by atoms with van der Waals surface area (Å²) in [6.45, 7) is 3.34. The molecule has 33 heavy (non-hydrogen) atoms. The van der Waals surface area contributed by atoms with Crippen LogP contribution < -0.4 is 14.8 Å². The molecule has 1 N–H and O–H groups in total. The Kier molecular flexibility index (Phi) is 5.50. The van der Waals surface area contributed by atoms with Crippen molar-refractivity contribution >= 4 is 11.8 Å². The molecule has 3 aromatic carbocycles. The molecule has 0 fully saturated rings. The number of hydrogen-bond donors (Lipinski definition) is 1. The monoisotopic (exact) mass is 442 g/mol. The van der Waals surface area contributed by atoms with Crippen LogP contribution >= 0.6 is 0 Å². The van der Waals surface area contributed by atoms with E-state index in [1.54, 1.807) is 18.1 Å². The van der Waals surface area contributed by atoms with Crippen LogP contribution in [0.15, 0.2) is 60.7 Å². The van der Waals surface area contributed by atoms with E-state index in [4.69, 9.17) is 9.47 Å². The minimum Gasteiger partial charge on any atom is -0.493 e. The molecule has 0 unspecified atom stereocenters. The van der Waals surface area contributed by atoms with E-state index < -0.39 is 0 Å². The van der Waals surface area contributed by atoms with E-state index in [2.05, 4.69) is 42.6 Å². The molecule has 6 heteroatoms. The molecule has 2 aliphatic rings. The molecule has 2 aliphatic heterocycles. The number of amides is 2. The van der Waals surface area contributed by atoms with E-state index in [9.17, 15) is 9.59 Å². The van der Waals surface area contributed by atoms with Gasteiger partial charge in [-0.1, -0.05) is 48.0 Å². The van der Waals surface area contributed by atoms with Crippen molar-refractivity contribution in [3.63, 3.8) is 0 Å². The predicted octanol–water partition coefficient (Wildman–Crippen LogP) is 4.27. The fraction of sp³-hybridized carbons (Fsp3) is 0.259. The highest BCUT2D eigenvalue weighted by Gasteiger charge is 2.32. The SMILES string of the molecule is COc1cc(-c2ccc(C)cc2)cc2c1OCCN(C(=O)C[C@@H]1NC(=O)c3ccccc31)C2. The van der Waals surface area contributed by atoms with E-state index in [0.717, 1.165) is 22.3 Å². The number of carbonyl (C=O) groups excluding carboxylic acids is 2. The molecule has 3 aromatic rings. The molecule has 1 atom stereocenters. The van der Waals surface area contributed by atoms with Gasteiger partial charge in [-0.15, -0.1) is 0 Å². The average Bonchev–Trinajstić information content (AvgIpc) is 3.00. The molecule has 0 radical (unpaired) electrons. The Balaban J connectivity index is 1.41. The van der Waals surface area contributed by atoms with E-state index in [1.807, 2.05) is 24.3 Å². The molecule has 6 nitrogen and oxygen atoms in total. The van der Waals surface area contributed by atoms with Gasteiger partial charge in [-0.3, -0.25) is 9.59 Å². The summed E-state index contributed by atoms with van der Waals surface area (Å²) in [7, 11) is 1.63. The highest BCUT2D eigenvalue weighted by molar-refractivity contribution is 5.99. The lowest BCUT2D eigenvalue weighted by atomic mass is 10.00. The second-order valence-corrected chi connectivity index (χ2v) is 8.51. The summed E-state index contributed by atoms with van der Waals surface area (Å²) in [5.74, 6) is 1.20. The Morgan fingerprint density at radius 3 is 2.70 bits per heavy atom. The number of nitrogens with zero attached hydrogens (tertiary/aromatic N) is 1. The Labute approximate surface area is 193 Å². The molecule has 0 saturated carbocycles.